The minimum atomic E-state index is -0.127. The number of carbonyl (C=O) groups is 1. The van der Waals surface area contributed by atoms with E-state index in [2.05, 4.69) is 35.5 Å². The highest BCUT2D eigenvalue weighted by Crippen LogP contribution is 2.22. The van der Waals surface area contributed by atoms with E-state index in [4.69, 9.17) is 4.74 Å². The molecule has 0 bridgehead atoms. The number of ether oxygens (including phenoxy) is 1. The molecule has 130 valence electrons. The zero-order valence-electron chi connectivity index (χ0n) is 14.8. The van der Waals surface area contributed by atoms with E-state index in [0.717, 1.165) is 20.6 Å². The molecule has 0 radical (unpaired) electrons. The highest BCUT2D eigenvalue weighted by Gasteiger charge is 2.10. The first-order valence-electron chi connectivity index (χ1n) is 8.29. The van der Waals surface area contributed by atoms with Crippen molar-refractivity contribution in [3.63, 3.8) is 0 Å². The molecule has 0 aliphatic carbocycles. The number of aromatic nitrogens is 1. The number of nitrogens with zero attached hydrogens (tertiary/aromatic N) is 2. The summed E-state index contributed by atoms with van der Waals surface area (Å²) in [5, 5.41) is 0. The molecule has 0 saturated heterocycles. The molecular formula is C20H22N2O2S. The molecule has 0 aliphatic rings. The summed E-state index contributed by atoms with van der Waals surface area (Å²) in [6.07, 6.45) is 0.317. The lowest BCUT2D eigenvalue weighted by Gasteiger charge is -2.06. The van der Waals surface area contributed by atoms with Gasteiger partial charge in [0, 0.05) is 13.7 Å². The van der Waals surface area contributed by atoms with Crippen LogP contribution in [0.1, 0.15) is 16.7 Å². The molecule has 4 nitrogen and oxygen atoms in total. The van der Waals surface area contributed by atoms with Crippen molar-refractivity contribution in [1.82, 2.24) is 4.57 Å². The van der Waals surface area contributed by atoms with Crippen molar-refractivity contribution in [2.75, 3.05) is 13.7 Å². The van der Waals surface area contributed by atoms with Gasteiger partial charge in [-0.15, -0.1) is 0 Å². The summed E-state index contributed by atoms with van der Waals surface area (Å²) in [6, 6.07) is 14.0. The molecule has 2 aromatic carbocycles. The molecule has 0 atom stereocenters. The molecule has 1 heterocycles. The fourth-order valence-corrected chi connectivity index (χ4v) is 3.88. The zero-order chi connectivity index (χ0) is 17.8. The van der Waals surface area contributed by atoms with Crippen molar-refractivity contribution >= 4 is 27.5 Å². The van der Waals surface area contributed by atoms with Gasteiger partial charge in [-0.25, -0.2) is 0 Å². The van der Waals surface area contributed by atoms with Gasteiger partial charge in [-0.1, -0.05) is 41.7 Å². The van der Waals surface area contributed by atoms with Gasteiger partial charge in [-0.2, -0.15) is 4.99 Å². The highest BCUT2D eigenvalue weighted by molar-refractivity contribution is 7.16. The van der Waals surface area contributed by atoms with Crippen LogP contribution in [0.2, 0.25) is 0 Å². The standard InChI is InChI=1S/C20H22N2O2S/c1-14-11-17-18(12-15(14)2)25-20(22(17)9-10-24-3)21-19(23)13-16-7-5-4-6-8-16/h4-8,11-12H,9-10,13H2,1-3H3. The van der Waals surface area contributed by atoms with Crippen LogP contribution in [-0.2, 0) is 22.5 Å². The maximum Gasteiger partial charge on any atom is 0.252 e. The molecule has 0 unspecified atom stereocenters. The van der Waals surface area contributed by atoms with Crippen molar-refractivity contribution in [3.8, 4) is 0 Å². The number of fused-ring (bicyclic) bond motifs is 1. The van der Waals surface area contributed by atoms with Gasteiger partial charge in [-0.05, 0) is 42.7 Å². The van der Waals surface area contributed by atoms with E-state index in [1.165, 1.54) is 11.1 Å². The number of hydrogen-bond donors (Lipinski definition) is 0. The average molecular weight is 354 g/mol. The Morgan fingerprint density at radius 1 is 1.16 bits per heavy atom. The number of thiazole rings is 1. The Bertz CT molecular complexity index is 955. The Hall–Kier alpha value is -2.24. The number of aryl methyl sites for hydroxylation is 2. The van der Waals surface area contributed by atoms with E-state index >= 15 is 0 Å². The Balaban J connectivity index is 2.02. The summed E-state index contributed by atoms with van der Waals surface area (Å²) in [7, 11) is 1.68. The van der Waals surface area contributed by atoms with Gasteiger partial charge >= 0.3 is 0 Å². The molecule has 0 N–H and O–H groups in total. The van der Waals surface area contributed by atoms with Crippen LogP contribution >= 0.6 is 11.3 Å². The maximum absolute atomic E-state index is 12.4. The summed E-state index contributed by atoms with van der Waals surface area (Å²) in [6.45, 7) is 5.46. The van der Waals surface area contributed by atoms with Gasteiger partial charge < -0.3 is 9.30 Å². The molecule has 5 heteroatoms. The predicted molar refractivity (Wildman–Crippen MR) is 102 cm³/mol. The lowest BCUT2D eigenvalue weighted by molar-refractivity contribution is -0.117. The molecule has 25 heavy (non-hydrogen) atoms. The number of hydrogen-bond acceptors (Lipinski definition) is 3. The van der Waals surface area contributed by atoms with Crippen molar-refractivity contribution in [2.45, 2.75) is 26.8 Å². The van der Waals surface area contributed by atoms with Crippen LogP contribution in [0, 0.1) is 13.8 Å². The third kappa shape index (κ3) is 4.06. The third-order valence-corrected chi connectivity index (χ3v) is 5.28. The topological polar surface area (TPSA) is 43.6 Å². The molecule has 3 rings (SSSR count). The molecule has 3 aromatic rings. The van der Waals surface area contributed by atoms with Crippen LogP contribution in [0.3, 0.4) is 0 Å². The Labute approximate surface area is 151 Å². The minimum Gasteiger partial charge on any atom is -0.383 e. The summed E-state index contributed by atoms with van der Waals surface area (Å²) < 4.78 is 8.46. The maximum atomic E-state index is 12.4. The van der Waals surface area contributed by atoms with Gasteiger partial charge in [0.25, 0.3) is 5.91 Å². The average Bonchev–Trinajstić information content (AvgIpc) is 2.90. The molecule has 1 amide bonds. The van der Waals surface area contributed by atoms with Gasteiger partial charge in [-0.3, -0.25) is 4.79 Å². The minimum absolute atomic E-state index is 0.127. The second-order valence-electron chi connectivity index (χ2n) is 6.10. The van der Waals surface area contributed by atoms with Gasteiger partial charge in [0.1, 0.15) is 0 Å². The van der Waals surface area contributed by atoms with Gasteiger partial charge in [0.05, 0.1) is 23.2 Å². The fraction of sp³-hybridized carbons (Fsp3) is 0.300. The summed E-state index contributed by atoms with van der Waals surface area (Å²) >= 11 is 1.56. The van der Waals surface area contributed by atoms with Crippen LogP contribution in [0.15, 0.2) is 47.5 Å². The summed E-state index contributed by atoms with van der Waals surface area (Å²) in [5.41, 5.74) is 4.57. The lowest BCUT2D eigenvalue weighted by atomic mass is 10.1. The lowest BCUT2D eigenvalue weighted by Crippen LogP contribution is -2.19. The van der Waals surface area contributed by atoms with Crippen molar-refractivity contribution in [1.29, 1.82) is 0 Å². The Morgan fingerprint density at radius 3 is 2.60 bits per heavy atom. The van der Waals surface area contributed by atoms with E-state index < -0.39 is 0 Å². The normalized spacial score (nSPS) is 12.0. The van der Waals surface area contributed by atoms with E-state index in [1.54, 1.807) is 18.4 Å². The van der Waals surface area contributed by atoms with E-state index in [0.29, 0.717) is 19.6 Å². The number of benzene rings is 2. The number of amides is 1. The van der Waals surface area contributed by atoms with Gasteiger partial charge in [0.2, 0.25) is 0 Å². The van der Waals surface area contributed by atoms with E-state index in [-0.39, 0.29) is 5.91 Å². The smallest absolute Gasteiger partial charge is 0.252 e. The second-order valence-corrected chi connectivity index (χ2v) is 7.11. The first kappa shape index (κ1) is 17.6. The molecule has 0 fully saturated rings. The quantitative estimate of drug-likeness (QED) is 0.702. The first-order chi connectivity index (χ1) is 12.1. The largest absolute Gasteiger partial charge is 0.383 e. The molecular weight excluding hydrogens is 332 g/mol. The number of rotatable bonds is 5. The molecule has 0 aliphatic heterocycles. The first-order valence-corrected chi connectivity index (χ1v) is 9.11. The van der Waals surface area contributed by atoms with Crippen molar-refractivity contribution in [3.05, 3.63) is 64.0 Å². The molecule has 0 spiro atoms. The molecule has 0 saturated carbocycles. The predicted octanol–water partition coefficient (Wildman–Crippen LogP) is 3.64. The van der Waals surface area contributed by atoms with Crippen LogP contribution < -0.4 is 4.80 Å². The number of methoxy groups -OCH3 is 1. The van der Waals surface area contributed by atoms with E-state index in [1.807, 2.05) is 30.3 Å². The third-order valence-electron chi connectivity index (χ3n) is 4.24. The Morgan fingerprint density at radius 2 is 1.88 bits per heavy atom. The monoisotopic (exact) mass is 354 g/mol. The second kappa shape index (κ2) is 7.76. The van der Waals surface area contributed by atoms with Crippen LogP contribution in [-0.4, -0.2) is 24.2 Å². The van der Waals surface area contributed by atoms with Crippen LogP contribution in [0.4, 0.5) is 0 Å². The van der Waals surface area contributed by atoms with Crippen molar-refractivity contribution in [2.24, 2.45) is 4.99 Å². The van der Waals surface area contributed by atoms with Gasteiger partial charge in [0.15, 0.2) is 4.80 Å². The SMILES string of the molecule is COCCn1c(=NC(=O)Cc2ccccc2)sc2cc(C)c(C)cc21. The highest BCUT2D eigenvalue weighted by atomic mass is 32.1. The van der Waals surface area contributed by atoms with E-state index in [9.17, 15) is 4.79 Å². The van der Waals surface area contributed by atoms with Crippen molar-refractivity contribution < 1.29 is 9.53 Å². The van der Waals surface area contributed by atoms with Crippen LogP contribution in [0.5, 0.6) is 0 Å². The Kier molecular flexibility index (Phi) is 5.46. The zero-order valence-corrected chi connectivity index (χ0v) is 15.6. The fourth-order valence-electron chi connectivity index (χ4n) is 2.72. The summed E-state index contributed by atoms with van der Waals surface area (Å²) in [4.78, 5) is 17.5. The van der Waals surface area contributed by atoms with Crippen LogP contribution in [0.25, 0.3) is 10.2 Å². The number of carbonyl (C=O) groups excluding carboxylic acids is 1. The molecule has 1 aromatic heterocycles. The summed E-state index contributed by atoms with van der Waals surface area (Å²) in [5.74, 6) is -0.127.